The quantitative estimate of drug-likeness (QED) is 0.794. The van der Waals surface area contributed by atoms with Crippen LogP contribution in [0.2, 0.25) is 0 Å². The number of alkyl halides is 1. The molecule has 0 aromatic carbocycles. The summed E-state index contributed by atoms with van der Waals surface area (Å²) in [5, 5.41) is 0. The molecule has 0 bridgehead atoms. The highest BCUT2D eigenvalue weighted by Crippen LogP contribution is 2.28. The van der Waals surface area contributed by atoms with Crippen LogP contribution in [0, 0.1) is 11.7 Å². The number of piperidine rings is 1. The number of ether oxygens (including phenoxy) is 1. The molecule has 4 rings (SSSR count). The minimum atomic E-state index is -1.35. The van der Waals surface area contributed by atoms with Crippen LogP contribution < -0.4 is 9.64 Å². The van der Waals surface area contributed by atoms with E-state index >= 15 is 0 Å². The molecule has 4 heterocycles. The van der Waals surface area contributed by atoms with Crippen molar-refractivity contribution in [2.75, 3.05) is 31.1 Å². The molecule has 2 atom stereocenters. The Bertz CT molecular complexity index is 820. The summed E-state index contributed by atoms with van der Waals surface area (Å²) in [5.74, 6) is -0.505. The number of hydrogen-bond donors (Lipinski definition) is 0. The first-order valence-corrected chi connectivity index (χ1v) is 8.83. The fraction of sp³-hybridized carbons (Fsp3) is 0.444. The van der Waals surface area contributed by atoms with E-state index in [0.29, 0.717) is 38.4 Å². The minimum absolute atomic E-state index is 0.00449. The largest absolute Gasteiger partial charge is 0.491 e. The number of anilines is 1. The molecule has 27 heavy (non-hydrogen) atoms. The number of aromatic nitrogens is 3. The van der Waals surface area contributed by atoms with Gasteiger partial charge >= 0.3 is 0 Å². The third kappa shape index (κ3) is 3.67. The average Bonchev–Trinajstić information content (AvgIpc) is 2.90. The molecule has 1 amide bonds. The molecule has 2 aliphatic rings. The Hall–Kier alpha value is -2.84. The van der Waals surface area contributed by atoms with Crippen LogP contribution in [0.3, 0.4) is 0 Å². The van der Waals surface area contributed by atoms with E-state index in [1.54, 1.807) is 28.3 Å². The number of carbonyl (C=O) groups excluding carboxylic acids is 1. The van der Waals surface area contributed by atoms with Crippen molar-refractivity contribution < 1.29 is 18.3 Å². The molecule has 2 aromatic heterocycles. The lowest BCUT2D eigenvalue weighted by atomic mass is 9.93. The SMILES string of the molecule is O=C(C1CCN(c2ncc(F)cn2)CC1F)N1CCOc2ccncc2C1. The van der Waals surface area contributed by atoms with Gasteiger partial charge in [-0.15, -0.1) is 0 Å². The van der Waals surface area contributed by atoms with Gasteiger partial charge in [0.15, 0.2) is 5.82 Å². The number of hydrogen-bond acceptors (Lipinski definition) is 6. The molecule has 0 aliphatic carbocycles. The summed E-state index contributed by atoms with van der Waals surface area (Å²) in [6.45, 7) is 1.56. The van der Waals surface area contributed by atoms with Gasteiger partial charge in [0.05, 0.1) is 37.9 Å². The normalized spacial score (nSPS) is 22.6. The zero-order chi connectivity index (χ0) is 18.8. The van der Waals surface area contributed by atoms with E-state index in [1.807, 2.05) is 0 Å². The molecular formula is C18H19F2N5O2. The highest BCUT2D eigenvalue weighted by atomic mass is 19.1. The van der Waals surface area contributed by atoms with Crippen LogP contribution in [0.1, 0.15) is 12.0 Å². The van der Waals surface area contributed by atoms with Crippen LogP contribution in [-0.2, 0) is 11.3 Å². The predicted octanol–water partition coefficient (Wildman–Crippen LogP) is 1.60. The molecule has 0 N–H and O–H groups in total. The molecule has 0 spiro atoms. The molecule has 2 aliphatic heterocycles. The van der Waals surface area contributed by atoms with Gasteiger partial charge in [-0.05, 0) is 12.5 Å². The fourth-order valence-electron chi connectivity index (χ4n) is 3.48. The molecule has 142 valence electrons. The lowest BCUT2D eigenvalue weighted by Crippen LogP contribution is -2.49. The highest BCUT2D eigenvalue weighted by Gasteiger charge is 2.38. The van der Waals surface area contributed by atoms with Gasteiger partial charge in [0.25, 0.3) is 0 Å². The van der Waals surface area contributed by atoms with Crippen molar-refractivity contribution in [2.45, 2.75) is 19.1 Å². The third-order valence-corrected chi connectivity index (χ3v) is 4.90. The number of nitrogens with zero attached hydrogens (tertiary/aromatic N) is 5. The van der Waals surface area contributed by atoms with Crippen molar-refractivity contribution in [3.8, 4) is 5.75 Å². The topological polar surface area (TPSA) is 71.5 Å². The lowest BCUT2D eigenvalue weighted by Gasteiger charge is -2.36. The summed E-state index contributed by atoms with van der Waals surface area (Å²) < 4.78 is 33.4. The zero-order valence-electron chi connectivity index (χ0n) is 14.6. The maximum atomic E-state index is 14.8. The molecule has 2 aromatic rings. The van der Waals surface area contributed by atoms with Gasteiger partial charge in [-0.2, -0.15) is 0 Å². The second-order valence-corrected chi connectivity index (χ2v) is 6.65. The average molecular weight is 375 g/mol. The highest BCUT2D eigenvalue weighted by molar-refractivity contribution is 5.80. The molecule has 0 saturated carbocycles. The summed E-state index contributed by atoms with van der Waals surface area (Å²) in [5.41, 5.74) is 0.816. The number of pyridine rings is 1. The number of amides is 1. The Kier molecular flexibility index (Phi) is 4.83. The minimum Gasteiger partial charge on any atom is -0.491 e. The molecule has 2 unspecified atom stereocenters. The van der Waals surface area contributed by atoms with Crippen molar-refractivity contribution in [2.24, 2.45) is 5.92 Å². The van der Waals surface area contributed by atoms with Crippen molar-refractivity contribution in [1.29, 1.82) is 0 Å². The van der Waals surface area contributed by atoms with Gasteiger partial charge in [-0.25, -0.2) is 18.7 Å². The van der Waals surface area contributed by atoms with E-state index in [1.165, 1.54) is 0 Å². The maximum absolute atomic E-state index is 14.8. The maximum Gasteiger partial charge on any atom is 0.229 e. The Morgan fingerprint density at radius 1 is 1.22 bits per heavy atom. The standard InChI is InChI=1S/C18H19F2N5O2/c19-13-8-22-18(23-9-13)25-4-2-14(15(20)11-25)17(26)24-5-6-27-16-1-3-21-7-12(16)10-24/h1,3,7-9,14-15H,2,4-6,10-11H2. The summed E-state index contributed by atoms with van der Waals surface area (Å²) in [6.07, 6.45) is 4.41. The number of halogens is 2. The first kappa shape index (κ1) is 17.6. The van der Waals surface area contributed by atoms with Crippen LogP contribution in [-0.4, -0.2) is 58.2 Å². The summed E-state index contributed by atoms with van der Waals surface area (Å²) in [4.78, 5) is 28.0. The third-order valence-electron chi connectivity index (χ3n) is 4.90. The van der Waals surface area contributed by atoms with Crippen LogP contribution in [0.25, 0.3) is 0 Å². The van der Waals surface area contributed by atoms with Gasteiger partial charge in [0, 0.05) is 24.5 Å². The van der Waals surface area contributed by atoms with Gasteiger partial charge in [-0.1, -0.05) is 0 Å². The van der Waals surface area contributed by atoms with E-state index in [9.17, 15) is 13.6 Å². The van der Waals surface area contributed by atoms with Crippen LogP contribution in [0.15, 0.2) is 30.9 Å². The second kappa shape index (κ2) is 7.42. The van der Waals surface area contributed by atoms with Crippen LogP contribution in [0.5, 0.6) is 5.75 Å². The summed E-state index contributed by atoms with van der Waals surface area (Å²) in [6, 6.07) is 1.77. The number of rotatable bonds is 2. The zero-order valence-corrected chi connectivity index (χ0v) is 14.6. The fourth-order valence-corrected chi connectivity index (χ4v) is 3.48. The molecular weight excluding hydrogens is 356 g/mol. The molecule has 7 nitrogen and oxygen atoms in total. The number of carbonyl (C=O) groups is 1. The van der Waals surface area contributed by atoms with Gasteiger partial charge in [-0.3, -0.25) is 9.78 Å². The monoisotopic (exact) mass is 375 g/mol. The Labute approximate surface area is 155 Å². The van der Waals surface area contributed by atoms with Crippen molar-refractivity contribution >= 4 is 11.9 Å². The van der Waals surface area contributed by atoms with Crippen LogP contribution >= 0.6 is 0 Å². The van der Waals surface area contributed by atoms with Crippen molar-refractivity contribution in [3.05, 3.63) is 42.2 Å². The summed E-state index contributed by atoms with van der Waals surface area (Å²) in [7, 11) is 0. The Morgan fingerprint density at radius 3 is 2.81 bits per heavy atom. The molecule has 9 heteroatoms. The lowest BCUT2D eigenvalue weighted by molar-refractivity contribution is -0.139. The van der Waals surface area contributed by atoms with E-state index in [4.69, 9.17) is 4.74 Å². The predicted molar refractivity (Wildman–Crippen MR) is 92.4 cm³/mol. The first-order valence-electron chi connectivity index (χ1n) is 8.83. The van der Waals surface area contributed by atoms with Crippen molar-refractivity contribution in [1.82, 2.24) is 19.9 Å². The second-order valence-electron chi connectivity index (χ2n) is 6.65. The number of fused-ring (bicyclic) bond motifs is 1. The van der Waals surface area contributed by atoms with E-state index < -0.39 is 17.9 Å². The Balaban J connectivity index is 1.43. The molecule has 1 fully saturated rings. The smallest absolute Gasteiger partial charge is 0.229 e. The molecule has 1 saturated heterocycles. The van der Waals surface area contributed by atoms with Gasteiger partial charge in [0.2, 0.25) is 11.9 Å². The van der Waals surface area contributed by atoms with E-state index in [2.05, 4.69) is 15.0 Å². The van der Waals surface area contributed by atoms with E-state index in [-0.39, 0.29) is 18.4 Å². The summed E-state index contributed by atoms with van der Waals surface area (Å²) >= 11 is 0. The van der Waals surface area contributed by atoms with Gasteiger partial charge in [0.1, 0.15) is 18.5 Å². The first-order chi connectivity index (χ1) is 13.1. The Morgan fingerprint density at radius 2 is 2.04 bits per heavy atom. The van der Waals surface area contributed by atoms with Crippen LogP contribution in [0.4, 0.5) is 14.7 Å². The van der Waals surface area contributed by atoms with Gasteiger partial charge < -0.3 is 14.5 Å². The van der Waals surface area contributed by atoms with E-state index in [0.717, 1.165) is 18.0 Å². The molecule has 0 radical (unpaired) electrons. The van der Waals surface area contributed by atoms with Crippen molar-refractivity contribution in [3.63, 3.8) is 0 Å².